The zero-order valence-electron chi connectivity index (χ0n) is 17.6. The number of aromatic nitrogens is 3. The number of nitrogens with zero attached hydrogens (tertiary/aromatic N) is 4. The highest BCUT2D eigenvalue weighted by atomic mass is 32.2. The SMILES string of the molecule is C=CCN(C(=O)CSc1nnc(-c2ccc(C(C)(C)C)cc2)n1N)c1ccccc1. The van der Waals surface area contributed by atoms with Gasteiger partial charge in [0.05, 0.1) is 5.75 Å². The second-order valence-electron chi connectivity index (χ2n) is 7.92. The largest absolute Gasteiger partial charge is 0.335 e. The number of hydrogen-bond acceptors (Lipinski definition) is 5. The van der Waals surface area contributed by atoms with E-state index in [4.69, 9.17) is 5.84 Å². The highest BCUT2D eigenvalue weighted by Crippen LogP contribution is 2.27. The van der Waals surface area contributed by atoms with Crippen molar-refractivity contribution in [2.24, 2.45) is 0 Å². The van der Waals surface area contributed by atoms with Gasteiger partial charge in [-0.15, -0.1) is 16.8 Å². The predicted octanol–water partition coefficient (Wildman–Crippen LogP) is 4.27. The van der Waals surface area contributed by atoms with Gasteiger partial charge in [0.25, 0.3) is 0 Å². The van der Waals surface area contributed by atoms with Gasteiger partial charge in [0.15, 0.2) is 5.82 Å². The highest BCUT2D eigenvalue weighted by molar-refractivity contribution is 7.99. The zero-order chi connectivity index (χ0) is 21.7. The quantitative estimate of drug-likeness (QED) is 0.350. The average molecular weight is 422 g/mol. The van der Waals surface area contributed by atoms with Crippen LogP contribution in [-0.2, 0) is 10.2 Å². The van der Waals surface area contributed by atoms with E-state index >= 15 is 0 Å². The van der Waals surface area contributed by atoms with Crippen LogP contribution >= 0.6 is 11.8 Å². The molecular weight excluding hydrogens is 394 g/mol. The molecule has 2 N–H and O–H groups in total. The molecule has 0 unspecified atom stereocenters. The van der Waals surface area contributed by atoms with Gasteiger partial charge in [-0.05, 0) is 23.1 Å². The maximum Gasteiger partial charge on any atom is 0.237 e. The van der Waals surface area contributed by atoms with E-state index in [1.807, 2.05) is 42.5 Å². The molecule has 6 nitrogen and oxygen atoms in total. The molecule has 0 fully saturated rings. The van der Waals surface area contributed by atoms with Crippen LogP contribution in [0.4, 0.5) is 5.69 Å². The Morgan fingerprint density at radius 3 is 2.40 bits per heavy atom. The van der Waals surface area contributed by atoms with Gasteiger partial charge in [-0.3, -0.25) is 4.79 Å². The smallest absolute Gasteiger partial charge is 0.237 e. The lowest BCUT2D eigenvalue weighted by Crippen LogP contribution is -2.32. The van der Waals surface area contributed by atoms with Crippen molar-refractivity contribution in [1.29, 1.82) is 0 Å². The standard InChI is InChI=1S/C23H27N5OS/c1-5-15-27(19-9-7-6-8-10-19)20(29)16-30-22-26-25-21(28(22)24)17-11-13-18(14-12-17)23(2,3)4/h5-14H,1,15-16,24H2,2-4H3. The summed E-state index contributed by atoms with van der Waals surface area (Å²) in [7, 11) is 0. The van der Waals surface area contributed by atoms with Crippen molar-refractivity contribution in [2.45, 2.75) is 31.3 Å². The first kappa shape index (κ1) is 21.6. The monoisotopic (exact) mass is 421 g/mol. The third-order valence-electron chi connectivity index (χ3n) is 4.68. The van der Waals surface area contributed by atoms with E-state index in [2.05, 4.69) is 49.7 Å². The fraction of sp³-hybridized carbons (Fsp3) is 0.261. The fourth-order valence-electron chi connectivity index (χ4n) is 2.98. The first-order valence-corrected chi connectivity index (χ1v) is 10.7. The van der Waals surface area contributed by atoms with Crippen LogP contribution in [0.3, 0.4) is 0 Å². The van der Waals surface area contributed by atoms with Gasteiger partial charge in [0, 0.05) is 17.8 Å². The van der Waals surface area contributed by atoms with E-state index in [0.717, 1.165) is 11.3 Å². The molecule has 156 valence electrons. The van der Waals surface area contributed by atoms with Gasteiger partial charge < -0.3 is 10.7 Å². The molecule has 1 aromatic heterocycles. The number of carbonyl (C=O) groups excluding carboxylic acids is 1. The molecule has 1 heterocycles. The summed E-state index contributed by atoms with van der Waals surface area (Å²) in [6.45, 7) is 10.7. The molecule has 0 aliphatic heterocycles. The normalized spacial score (nSPS) is 11.3. The van der Waals surface area contributed by atoms with E-state index in [9.17, 15) is 4.79 Å². The van der Waals surface area contributed by atoms with E-state index in [1.54, 1.807) is 11.0 Å². The Morgan fingerprint density at radius 2 is 1.80 bits per heavy atom. The number of benzene rings is 2. The maximum atomic E-state index is 12.8. The van der Waals surface area contributed by atoms with Gasteiger partial charge >= 0.3 is 0 Å². The van der Waals surface area contributed by atoms with Gasteiger partial charge in [-0.25, -0.2) is 4.68 Å². The molecule has 1 amide bonds. The number of carbonyl (C=O) groups is 1. The lowest BCUT2D eigenvalue weighted by Gasteiger charge is -2.21. The van der Waals surface area contributed by atoms with E-state index in [-0.39, 0.29) is 17.1 Å². The van der Waals surface area contributed by atoms with Crippen LogP contribution in [0.5, 0.6) is 0 Å². The minimum atomic E-state index is -0.0508. The second-order valence-corrected chi connectivity index (χ2v) is 8.86. The minimum absolute atomic E-state index is 0.0508. The minimum Gasteiger partial charge on any atom is -0.335 e. The second kappa shape index (κ2) is 9.17. The van der Waals surface area contributed by atoms with Crippen LogP contribution in [0, 0.1) is 0 Å². The van der Waals surface area contributed by atoms with Crippen LogP contribution in [-0.4, -0.2) is 33.1 Å². The predicted molar refractivity (Wildman–Crippen MR) is 124 cm³/mol. The molecule has 0 aliphatic rings. The number of rotatable bonds is 7. The first-order valence-electron chi connectivity index (χ1n) is 9.72. The van der Waals surface area contributed by atoms with Gasteiger partial charge in [-0.1, -0.05) is 81.1 Å². The lowest BCUT2D eigenvalue weighted by atomic mass is 9.87. The molecule has 0 bridgehead atoms. The molecule has 30 heavy (non-hydrogen) atoms. The van der Waals surface area contributed by atoms with Gasteiger partial charge in [0.2, 0.25) is 11.1 Å². The van der Waals surface area contributed by atoms with Crippen LogP contribution < -0.4 is 10.7 Å². The summed E-state index contributed by atoms with van der Waals surface area (Å²) in [5, 5.41) is 8.89. The van der Waals surface area contributed by atoms with E-state index in [0.29, 0.717) is 17.5 Å². The first-order chi connectivity index (χ1) is 14.3. The van der Waals surface area contributed by atoms with Gasteiger partial charge in [-0.2, -0.15) is 0 Å². The summed E-state index contributed by atoms with van der Waals surface area (Å²) in [6.07, 6.45) is 1.71. The maximum absolute atomic E-state index is 12.8. The third-order valence-corrected chi connectivity index (χ3v) is 5.61. The molecule has 2 aromatic carbocycles. The molecule has 3 aromatic rings. The zero-order valence-corrected chi connectivity index (χ0v) is 18.4. The Bertz CT molecular complexity index is 1010. The molecule has 3 rings (SSSR count). The molecular formula is C23H27N5OS. The number of anilines is 1. The topological polar surface area (TPSA) is 77.0 Å². The Balaban J connectivity index is 1.72. The number of para-hydroxylation sites is 1. The molecule has 7 heteroatoms. The van der Waals surface area contributed by atoms with Crippen molar-refractivity contribution < 1.29 is 4.79 Å². The summed E-state index contributed by atoms with van der Waals surface area (Å²) >= 11 is 1.27. The third kappa shape index (κ3) is 4.91. The van der Waals surface area contributed by atoms with Crippen molar-refractivity contribution in [3.8, 4) is 11.4 Å². The van der Waals surface area contributed by atoms with Crippen LogP contribution in [0.1, 0.15) is 26.3 Å². The van der Waals surface area contributed by atoms with Crippen molar-refractivity contribution in [2.75, 3.05) is 23.0 Å². The van der Waals surface area contributed by atoms with Gasteiger partial charge in [0.1, 0.15) is 0 Å². The molecule has 0 spiro atoms. The number of hydrogen-bond donors (Lipinski definition) is 1. The highest BCUT2D eigenvalue weighted by Gasteiger charge is 2.19. The number of thioether (sulfide) groups is 1. The van der Waals surface area contributed by atoms with E-state index < -0.39 is 0 Å². The summed E-state index contributed by atoms with van der Waals surface area (Å²) in [5.74, 6) is 6.93. The van der Waals surface area contributed by atoms with Crippen LogP contribution in [0.2, 0.25) is 0 Å². The Kier molecular flexibility index (Phi) is 6.62. The fourth-order valence-corrected chi connectivity index (χ4v) is 3.72. The lowest BCUT2D eigenvalue weighted by molar-refractivity contribution is -0.116. The molecule has 0 saturated heterocycles. The number of amides is 1. The Hall–Kier alpha value is -3.06. The molecule has 0 aliphatic carbocycles. The van der Waals surface area contributed by atoms with Crippen LogP contribution in [0.15, 0.2) is 72.4 Å². The summed E-state index contributed by atoms with van der Waals surface area (Å²) in [4.78, 5) is 14.5. The number of nitrogen functional groups attached to an aromatic ring is 1. The number of nitrogens with two attached hydrogens (primary N) is 1. The van der Waals surface area contributed by atoms with Crippen LogP contribution in [0.25, 0.3) is 11.4 Å². The Morgan fingerprint density at radius 1 is 1.13 bits per heavy atom. The summed E-state index contributed by atoms with van der Waals surface area (Å²) in [5.41, 5.74) is 3.02. The van der Waals surface area contributed by atoms with E-state index in [1.165, 1.54) is 22.0 Å². The Labute approximate surface area is 181 Å². The molecule has 0 atom stereocenters. The summed E-state index contributed by atoms with van der Waals surface area (Å²) in [6, 6.07) is 17.7. The molecule has 0 saturated carbocycles. The van der Waals surface area contributed by atoms with Crippen molar-refractivity contribution in [1.82, 2.24) is 14.9 Å². The van der Waals surface area contributed by atoms with Crippen molar-refractivity contribution >= 4 is 23.4 Å². The molecule has 0 radical (unpaired) electrons. The van der Waals surface area contributed by atoms with Crippen molar-refractivity contribution in [3.63, 3.8) is 0 Å². The van der Waals surface area contributed by atoms with Crippen molar-refractivity contribution in [3.05, 3.63) is 72.8 Å². The average Bonchev–Trinajstić information content (AvgIpc) is 3.10. The summed E-state index contributed by atoms with van der Waals surface area (Å²) < 4.78 is 1.43.